The summed E-state index contributed by atoms with van der Waals surface area (Å²) in [5.74, 6) is -0.0568. The Morgan fingerprint density at radius 3 is 2.17 bits per heavy atom. The third-order valence-corrected chi connectivity index (χ3v) is 8.75. The highest BCUT2D eigenvalue weighted by Gasteiger charge is 2.34. The number of hydrogen-bond acceptors (Lipinski definition) is 5. The molecule has 1 atom stereocenters. The molecule has 0 fully saturated rings. The van der Waals surface area contributed by atoms with E-state index in [4.69, 9.17) is 16.3 Å². The quantitative estimate of drug-likeness (QED) is 0.283. The number of anilines is 1. The number of rotatable bonds is 13. The minimum Gasteiger partial charge on any atom is -0.497 e. The van der Waals surface area contributed by atoms with Crippen LogP contribution in [0.15, 0.2) is 77.7 Å². The van der Waals surface area contributed by atoms with Crippen molar-refractivity contribution in [2.75, 3.05) is 24.5 Å². The van der Waals surface area contributed by atoms with Gasteiger partial charge in [-0.25, -0.2) is 8.42 Å². The molecule has 3 rings (SSSR count). The van der Waals surface area contributed by atoms with E-state index in [1.807, 2.05) is 52.0 Å². The Morgan fingerprint density at radius 1 is 0.976 bits per heavy atom. The molecule has 220 valence electrons. The van der Waals surface area contributed by atoms with Crippen LogP contribution in [0.2, 0.25) is 5.02 Å². The van der Waals surface area contributed by atoms with Crippen LogP contribution in [0.25, 0.3) is 0 Å². The third kappa shape index (κ3) is 8.24. The minimum absolute atomic E-state index is 0.00628. The van der Waals surface area contributed by atoms with Crippen molar-refractivity contribution in [2.45, 2.75) is 51.6 Å². The van der Waals surface area contributed by atoms with Gasteiger partial charge >= 0.3 is 0 Å². The van der Waals surface area contributed by atoms with Crippen LogP contribution in [0.1, 0.15) is 38.3 Å². The number of carbonyl (C=O) groups is 2. The number of benzene rings is 3. The number of nitrogens with one attached hydrogen (secondary N) is 1. The lowest BCUT2D eigenvalue weighted by Gasteiger charge is -2.33. The molecule has 2 amide bonds. The molecule has 0 aliphatic carbocycles. The Balaban J connectivity index is 2.05. The summed E-state index contributed by atoms with van der Waals surface area (Å²) in [6.45, 7) is 7.85. The van der Waals surface area contributed by atoms with E-state index in [1.54, 1.807) is 36.4 Å². The zero-order chi connectivity index (χ0) is 30.2. The summed E-state index contributed by atoms with van der Waals surface area (Å²) in [4.78, 5) is 28.9. The first-order valence-electron chi connectivity index (χ1n) is 13.5. The summed E-state index contributed by atoms with van der Waals surface area (Å²) in [6, 6.07) is 19.0. The van der Waals surface area contributed by atoms with E-state index in [0.717, 1.165) is 15.4 Å². The summed E-state index contributed by atoms with van der Waals surface area (Å²) < 4.78 is 34.1. The van der Waals surface area contributed by atoms with E-state index in [0.29, 0.717) is 23.7 Å². The summed E-state index contributed by atoms with van der Waals surface area (Å²) in [5, 5.41) is 3.36. The third-order valence-electron chi connectivity index (χ3n) is 6.71. The summed E-state index contributed by atoms with van der Waals surface area (Å²) >= 11 is 6.09. The molecule has 8 nitrogen and oxygen atoms in total. The second-order valence-electron chi connectivity index (χ2n) is 10.2. The van der Waals surface area contributed by atoms with Crippen LogP contribution in [0, 0.1) is 12.8 Å². The van der Waals surface area contributed by atoms with E-state index in [1.165, 1.54) is 24.1 Å². The SMILES string of the molecule is CCC(C(=O)NCC(C)C)N(Cc1ccccc1C)C(=O)CN(c1ccc(Cl)cc1)S(=O)(=O)c1ccc(OC)cc1. The highest BCUT2D eigenvalue weighted by atomic mass is 35.5. The van der Waals surface area contributed by atoms with Crippen LogP contribution in [-0.2, 0) is 26.2 Å². The predicted molar refractivity (Wildman–Crippen MR) is 163 cm³/mol. The summed E-state index contributed by atoms with van der Waals surface area (Å²) in [5.41, 5.74) is 2.10. The van der Waals surface area contributed by atoms with Crippen molar-refractivity contribution in [2.24, 2.45) is 5.92 Å². The monoisotopic (exact) mass is 599 g/mol. The standard InChI is InChI=1S/C31H38ClN3O5S/c1-6-29(31(37)33-19-22(2)3)34(20-24-10-8-7-9-23(24)4)30(36)21-35(26-13-11-25(32)12-14-26)41(38,39)28-17-15-27(40-5)16-18-28/h7-18,22,29H,6,19-21H2,1-5H3,(H,33,37). The Bertz CT molecular complexity index is 1430. The van der Waals surface area contributed by atoms with Gasteiger partial charge in [0.15, 0.2) is 0 Å². The number of nitrogens with zero attached hydrogens (tertiary/aromatic N) is 2. The van der Waals surface area contributed by atoms with Gasteiger partial charge in [-0.15, -0.1) is 0 Å². The maximum absolute atomic E-state index is 14.1. The lowest BCUT2D eigenvalue weighted by atomic mass is 10.1. The van der Waals surface area contributed by atoms with Gasteiger partial charge in [0.25, 0.3) is 10.0 Å². The second kappa shape index (κ2) is 14.4. The van der Waals surface area contributed by atoms with E-state index in [-0.39, 0.29) is 29.0 Å². The smallest absolute Gasteiger partial charge is 0.264 e. The molecular weight excluding hydrogens is 562 g/mol. The molecule has 0 aromatic heterocycles. The van der Waals surface area contributed by atoms with Crippen LogP contribution < -0.4 is 14.4 Å². The molecule has 0 saturated carbocycles. The second-order valence-corrected chi connectivity index (χ2v) is 12.5. The fourth-order valence-corrected chi connectivity index (χ4v) is 5.86. The fraction of sp³-hybridized carbons (Fsp3) is 0.355. The number of amides is 2. The van der Waals surface area contributed by atoms with E-state index in [2.05, 4.69) is 5.32 Å². The van der Waals surface area contributed by atoms with Crippen molar-refractivity contribution >= 4 is 39.1 Å². The maximum atomic E-state index is 14.1. The normalized spacial score (nSPS) is 12.1. The zero-order valence-corrected chi connectivity index (χ0v) is 25.7. The molecule has 0 bridgehead atoms. The molecule has 0 radical (unpaired) electrons. The van der Waals surface area contributed by atoms with Crippen LogP contribution in [0.5, 0.6) is 5.75 Å². The van der Waals surface area contributed by atoms with Gasteiger partial charge in [-0.2, -0.15) is 0 Å². The number of carbonyl (C=O) groups excluding carboxylic acids is 2. The molecule has 0 aliphatic rings. The first-order chi connectivity index (χ1) is 19.5. The van der Waals surface area contributed by atoms with Crippen molar-refractivity contribution in [1.29, 1.82) is 0 Å². The molecule has 41 heavy (non-hydrogen) atoms. The molecular formula is C31H38ClN3O5S. The van der Waals surface area contributed by atoms with Gasteiger partial charge in [-0.1, -0.05) is 56.6 Å². The van der Waals surface area contributed by atoms with E-state index >= 15 is 0 Å². The molecule has 0 saturated heterocycles. The van der Waals surface area contributed by atoms with Crippen LogP contribution in [-0.4, -0.2) is 51.4 Å². The van der Waals surface area contributed by atoms with Gasteiger partial charge in [-0.3, -0.25) is 13.9 Å². The number of aryl methyl sites for hydroxylation is 1. The zero-order valence-electron chi connectivity index (χ0n) is 24.1. The predicted octanol–water partition coefficient (Wildman–Crippen LogP) is 5.43. The summed E-state index contributed by atoms with van der Waals surface area (Å²) in [6.07, 6.45) is 0.355. The van der Waals surface area contributed by atoms with Crippen LogP contribution in [0.3, 0.4) is 0 Å². The van der Waals surface area contributed by atoms with Gasteiger partial charge in [0.2, 0.25) is 11.8 Å². The highest BCUT2D eigenvalue weighted by Crippen LogP contribution is 2.27. The fourth-order valence-electron chi connectivity index (χ4n) is 4.32. The van der Waals surface area contributed by atoms with E-state index < -0.39 is 28.5 Å². The first kappa shape index (κ1) is 32.0. The Labute approximate surface area is 248 Å². The number of sulfonamides is 1. The van der Waals surface area contributed by atoms with Gasteiger partial charge < -0.3 is 15.0 Å². The Morgan fingerprint density at radius 2 is 1.61 bits per heavy atom. The average molecular weight is 600 g/mol. The number of methoxy groups -OCH3 is 1. The first-order valence-corrected chi connectivity index (χ1v) is 15.3. The van der Waals surface area contributed by atoms with Crippen LogP contribution >= 0.6 is 11.6 Å². The summed E-state index contributed by atoms with van der Waals surface area (Å²) in [7, 11) is -2.70. The van der Waals surface area contributed by atoms with Gasteiger partial charge in [0.05, 0.1) is 17.7 Å². The Hall–Kier alpha value is -3.56. The topological polar surface area (TPSA) is 96.0 Å². The number of hydrogen-bond donors (Lipinski definition) is 1. The lowest BCUT2D eigenvalue weighted by Crippen LogP contribution is -2.52. The van der Waals surface area contributed by atoms with Crippen molar-refractivity contribution in [3.63, 3.8) is 0 Å². The molecule has 0 spiro atoms. The molecule has 3 aromatic carbocycles. The van der Waals surface area contributed by atoms with Gasteiger partial charge in [-0.05, 0) is 78.9 Å². The molecule has 1 unspecified atom stereocenters. The van der Waals surface area contributed by atoms with Gasteiger partial charge in [0.1, 0.15) is 18.3 Å². The van der Waals surface area contributed by atoms with Crippen molar-refractivity contribution in [3.05, 3.63) is 88.9 Å². The molecule has 0 heterocycles. The minimum atomic E-state index is -4.19. The average Bonchev–Trinajstić information content (AvgIpc) is 2.96. The number of ether oxygens (including phenoxy) is 1. The largest absolute Gasteiger partial charge is 0.497 e. The maximum Gasteiger partial charge on any atom is 0.264 e. The van der Waals surface area contributed by atoms with Crippen molar-refractivity contribution in [3.8, 4) is 5.75 Å². The van der Waals surface area contributed by atoms with E-state index in [9.17, 15) is 18.0 Å². The highest BCUT2D eigenvalue weighted by molar-refractivity contribution is 7.92. The molecule has 0 aliphatic heterocycles. The van der Waals surface area contributed by atoms with Crippen molar-refractivity contribution in [1.82, 2.24) is 10.2 Å². The molecule has 3 aromatic rings. The number of halogens is 1. The van der Waals surface area contributed by atoms with Crippen molar-refractivity contribution < 1.29 is 22.7 Å². The lowest BCUT2D eigenvalue weighted by molar-refractivity contribution is -0.140. The van der Waals surface area contributed by atoms with Gasteiger partial charge in [0, 0.05) is 18.1 Å². The van der Waals surface area contributed by atoms with Crippen LogP contribution in [0.4, 0.5) is 5.69 Å². The molecule has 10 heteroatoms. The molecule has 1 N–H and O–H groups in total. The Kier molecular flexibility index (Phi) is 11.2.